The second kappa shape index (κ2) is 14.5. The molecule has 0 heterocycles. The minimum atomic E-state index is -1.26. The number of methoxy groups -OCH3 is 1. The maximum Gasteiger partial charge on any atom is 0.328 e. The SMILES string of the molecule is COC(=O)C(CCC(=O)OC(C)(C)C)NC(=O)C(CC(C)C)C(=O)NC(C=O)CC(=O)OC(C)(C)C. The largest absolute Gasteiger partial charge is 0.467 e. The lowest BCUT2D eigenvalue weighted by Crippen LogP contribution is -2.50. The number of rotatable bonds is 13. The Morgan fingerprint density at radius 3 is 1.78 bits per heavy atom. The van der Waals surface area contributed by atoms with E-state index in [4.69, 9.17) is 14.2 Å². The van der Waals surface area contributed by atoms with Gasteiger partial charge in [0.25, 0.3) is 0 Å². The number of ether oxygens (including phenoxy) is 3. The van der Waals surface area contributed by atoms with Gasteiger partial charge in [-0.2, -0.15) is 0 Å². The van der Waals surface area contributed by atoms with E-state index in [0.29, 0.717) is 6.29 Å². The Hall–Kier alpha value is -2.98. The van der Waals surface area contributed by atoms with Crippen molar-refractivity contribution in [1.29, 1.82) is 0 Å². The molecule has 0 aliphatic carbocycles. The maximum atomic E-state index is 13.0. The number of esters is 3. The zero-order valence-corrected chi connectivity index (χ0v) is 22.9. The topological polar surface area (TPSA) is 154 Å². The molecule has 36 heavy (non-hydrogen) atoms. The van der Waals surface area contributed by atoms with Crippen LogP contribution in [0.4, 0.5) is 0 Å². The van der Waals surface area contributed by atoms with Gasteiger partial charge < -0.3 is 29.6 Å². The van der Waals surface area contributed by atoms with Gasteiger partial charge in [0.2, 0.25) is 11.8 Å². The molecule has 0 bridgehead atoms. The van der Waals surface area contributed by atoms with Gasteiger partial charge in [-0.05, 0) is 60.3 Å². The predicted octanol–water partition coefficient (Wildman–Crippen LogP) is 1.84. The molecule has 0 rings (SSSR count). The molecule has 2 amide bonds. The highest BCUT2D eigenvalue weighted by Crippen LogP contribution is 2.16. The molecule has 11 heteroatoms. The van der Waals surface area contributed by atoms with Crippen molar-refractivity contribution in [2.45, 2.75) is 104 Å². The number of hydrogen-bond acceptors (Lipinski definition) is 9. The quantitative estimate of drug-likeness (QED) is 0.162. The van der Waals surface area contributed by atoms with Crippen molar-refractivity contribution in [2.24, 2.45) is 11.8 Å². The molecule has 3 unspecified atom stereocenters. The normalized spacial score (nSPS) is 14.2. The second-order valence-corrected chi connectivity index (χ2v) is 10.9. The Balaban J connectivity index is 5.45. The summed E-state index contributed by atoms with van der Waals surface area (Å²) in [5, 5.41) is 4.88. The molecule has 0 aliphatic heterocycles. The van der Waals surface area contributed by atoms with Crippen LogP contribution in [-0.2, 0) is 43.0 Å². The first-order chi connectivity index (χ1) is 16.4. The molecule has 0 saturated carbocycles. The summed E-state index contributed by atoms with van der Waals surface area (Å²) in [7, 11) is 1.14. The summed E-state index contributed by atoms with van der Waals surface area (Å²) >= 11 is 0. The van der Waals surface area contributed by atoms with E-state index in [0.717, 1.165) is 7.11 Å². The Morgan fingerprint density at radius 2 is 1.33 bits per heavy atom. The minimum absolute atomic E-state index is 0.0922. The van der Waals surface area contributed by atoms with Gasteiger partial charge in [-0.25, -0.2) is 4.79 Å². The molecular weight excluding hydrogens is 472 g/mol. The standard InChI is InChI=1S/C25H42N2O9/c1-15(2)12-17(21(31)26-16(14-28)13-20(30)36-25(6,7)8)22(32)27-18(23(33)34-9)10-11-19(29)35-24(3,4)5/h14-18H,10-13H2,1-9H3,(H,26,31)(H,27,32). The van der Waals surface area contributed by atoms with Crippen LogP contribution in [-0.4, -0.2) is 66.4 Å². The van der Waals surface area contributed by atoms with Gasteiger partial charge in [0, 0.05) is 6.42 Å². The van der Waals surface area contributed by atoms with Gasteiger partial charge in [0.15, 0.2) is 0 Å². The molecule has 3 atom stereocenters. The zero-order valence-electron chi connectivity index (χ0n) is 22.9. The van der Waals surface area contributed by atoms with Crippen LogP contribution in [0.15, 0.2) is 0 Å². The fourth-order valence-electron chi connectivity index (χ4n) is 3.10. The fourth-order valence-corrected chi connectivity index (χ4v) is 3.10. The van der Waals surface area contributed by atoms with Crippen LogP contribution < -0.4 is 10.6 Å². The number of hydrogen-bond donors (Lipinski definition) is 2. The molecule has 0 radical (unpaired) electrons. The number of carbonyl (C=O) groups excluding carboxylic acids is 6. The summed E-state index contributed by atoms with van der Waals surface area (Å²) in [5.41, 5.74) is -1.48. The molecule has 0 fully saturated rings. The van der Waals surface area contributed by atoms with Crippen molar-refractivity contribution in [3.8, 4) is 0 Å². The lowest BCUT2D eigenvalue weighted by Gasteiger charge is -2.24. The van der Waals surface area contributed by atoms with Gasteiger partial charge in [0.1, 0.15) is 29.4 Å². The molecule has 0 aromatic rings. The Kier molecular flexibility index (Phi) is 13.3. The highest BCUT2D eigenvalue weighted by atomic mass is 16.6. The van der Waals surface area contributed by atoms with E-state index in [-0.39, 0.29) is 25.2 Å². The summed E-state index contributed by atoms with van der Waals surface area (Å²) < 4.78 is 15.1. The molecule has 0 aliphatic rings. The van der Waals surface area contributed by atoms with E-state index in [1.54, 1.807) is 55.4 Å². The average molecular weight is 515 g/mol. The van der Waals surface area contributed by atoms with Crippen LogP contribution in [0.2, 0.25) is 0 Å². The van der Waals surface area contributed by atoms with Crippen LogP contribution in [0.1, 0.15) is 81.1 Å². The Morgan fingerprint density at radius 1 is 0.833 bits per heavy atom. The van der Waals surface area contributed by atoms with E-state index < -0.39 is 65.3 Å². The van der Waals surface area contributed by atoms with Crippen molar-refractivity contribution < 1.29 is 43.0 Å². The number of amides is 2. The Bertz CT molecular complexity index is 794. The molecule has 2 N–H and O–H groups in total. The van der Waals surface area contributed by atoms with Crippen LogP contribution >= 0.6 is 0 Å². The second-order valence-electron chi connectivity index (χ2n) is 10.9. The number of aldehydes is 1. The van der Waals surface area contributed by atoms with Gasteiger partial charge in [-0.15, -0.1) is 0 Å². The van der Waals surface area contributed by atoms with Crippen LogP contribution in [0, 0.1) is 11.8 Å². The van der Waals surface area contributed by atoms with Gasteiger partial charge in [-0.1, -0.05) is 13.8 Å². The third kappa shape index (κ3) is 14.4. The Labute approximate surface area is 213 Å². The van der Waals surface area contributed by atoms with Gasteiger partial charge in [0.05, 0.1) is 19.6 Å². The highest BCUT2D eigenvalue weighted by Gasteiger charge is 2.33. The van der Waals surface area contributed by atoms with E-state index in [1.165, 1.54) is 0 Å². The van der Waals surface area contributed by atoms with E-state index in [9.17, 15) is 28.8 Å². The molecule has 0 spiro atoms. The maximum absolute atomic E-state index is 13.0. The van der Waals surface area contributed by atoms with E-state index in [2.05, 4.69) is 10.6 Å². The van der Waals surface area contributed by atoms with Gasteiger partial charge in [-0.3, -0.25) is 19.2 Å². The smallest absolute Gasteiger partial charge is 0.328 e. The lowest BCUT2D eigenvalue weighted by atomic mass is 9.94. The molecular formula is C25H42N2O9. The zero-order chi connectivity index (χ0) is 28.3. The van der Waals surface area contributed by atoms with Crippen LogP contribution in [0.5, 0.6) is 0 Å². The van der Waals surface area contributed by atoms with Gasteiger partial charge >= 0.3 is 17.9 Å². The average Bonchev–Trinajstić information content (AvgIpc) is 2.70. The van der Waals surface area contributed by atoms with E-state index >= 15 is 0 Å². The summed E-state index contributed by atoms with van der Waals surface area (Å²) in [5.74, 6) is -4.94. The summed E-state index contributed by atoms with van der Waals surface area (Å²) in [6.45, 7) is 13.7. The minimum Gasteiger partial charge on any atom is -0.467 e. The van der Waals surface area contributed by atoms with Crippen LogP contribution in [0.25, 0.3) is 0 Å². The monoisotopic (exact) mass is 514 g/mol. The summed E-state index contributed by atoms with van der Waals surface area (Å²) in [6.07, 6.45) is -0.163. The third-order valence-electron chi connectivity index (χ3n) is 4.50. The van der Waals surface area contributed by atoms with E-state index in [1.807, 2.05) is 0 Å². The highest BCUT2D eigenvalue weighted by molar-refractivity contribution is 6.02. The first-order valence-electron chi connectivity index (χ1n) is 12.0. The van der Waals surface area contributed by atoms with Crippen molar-refractivity contribution in [3.05, 3.63) is 0 Å². The molecule has 0 aromatic heterocycles. The lowest BCUT2D eigenvalue weighted by molar-refractivity contribution is -0.157. The van der Waals surface area contributed by atoms with Crippen molar-refractivity contribution in [1.82, 2.24) is 10.6 Å². The van der Waals surface area contributed by atoms with Crippen molar-refractivity contribution >= 4 is 36.0 Å². The van der Waals surface area contributed by atoms with Crippen molar-refractivity contribution in [2.75, 3.05) is 7.11 Å². The van der Waals surface area contributed by atoms with Crippen molar-refractivity contribution in [3.63, 3.8) is 0 Å². The summed E-state index contributed by atoms with van der Waals surface area (Å²) in [4.78, 5) is 73.8. The molecule has 206 valence electrons. The number of carbonyl (C=O) groups is 6. The predicted molar refractivity (Wildman–Crippen MR) is 130 cm³/mol. The first kappa shape index (κ1) is 33.0. The number of nitrogens with one attached hydrogen (secondary N) is 2. The third-order valence-corrected chi connectivity index (χ3v) is 4.50. The van der Waals surface area contributed by atoms with Crippen LogP contribution in [0.3, 0.4) is 0 Å². The molecule has 11 nitrogen and oxygen atoms in total. The summed E-state index contributed by atoms with van der Waals surface area (Å²) in [6, 6.07) is -2.39. The molecule has 0 aromatic carbocycles. The molecule has 0 saturated heterocycles. The fraction of sp³-hybridized carbons (Fsp3) is 0.760. The first-order valence-corrected chi connectivity index (χ1v) is 12.0.